The Morgan fingerprint density at radius 2 is 0.531 bits per heavy atom. The lowest BCUT2D eigenvalue weighted by atomic mass is 9.86. The average molecular weight is 967 g/mol. The number of carbonyl (C=O) groups is 1. The van der Waals surface area contributed by atoms with Gasteiger partial charge in [0.1, 0.15) is 0 Å². The molecule has 384 valence electrons. The summed E-state index contributed by atoms with van der Waals surface area (Å²) in [5.41, 5.74) is 0. The van der Waals surface area contributed by atoms with Gasteiger partial charge in [-0.2, -0.15) is 0 Å². The molecule has 0 spiro atoms. The van der Waals surface area contributed by atoms with E-state index in [1.165, 1.54) is 42.7 Å². The first-order chi connectivity index (χ1) is 29.9. The van der Waals surface area contributed by atoms with Crippen LogP contribution in [0.25, 0.3) is 0 Å². The molecule has 0 bridgehead atoms. The van der Waals surface area contributed by atoms with Crippen LogP contribution in [-0.4, -0.2) is 142 Å². The number of Topliss-reactive ketones (excluding diaryl/α,β-unsaturated/α-hetero) is 1. The Hall–Kier alpha value is -0.616. The van der Waals surface area contributed by atoms with E-state index in [1.54, 1.807) is 96.9 Å². The molecule has 0 aliphatic carbocycles. The van der Waals surface area contributed by atoms with Gasteiger partial charge in [0.05, 0.1) is 10.1 Å². The van der Waals surface area contributed by atoms with Crippen molar-refractivity contribution in [1.82, 2.24) is 0 Å². The van der Waals surface area contributed by atoms with Crippen LogP contribution >= 0.6 is 0 Å². The van der Waals surface area contributed by atoms with E-state index in [4.69, 9.17) is 83.4 Å². The Bertz CT molecular complexity index is 1040. The van der Waals surface area contributed by atoms with Crippen molar-refractivity contribution in [3.05, 3.63) is 0 Å². The summed E-state index contributed by atoms with van der Waals surface area (Å²) in [5.74, 6) is -0.419. The lowest BCUT2D eigenvalue weighted by Gasteiger charge is -2.52. The van der Waals surface area contributed by atoms with Gasteiger partial charge < -0.3 is 83.4 Å². The number of rotatable bonds is 40. The molecular weight excluding hydrogens is 877 g/mol. The summed E-state index contributed by atoms with van der Waals surface area (Å²) in [7, 11) is -0.387. The maximum absolute atomic E-state index is 16.9. The Morgan fingerprint density at radius 3 is 0.672 bits per heavy atom. The molecule has 14 atom stereocenters. The summed E-state index contributed by atoms with van der Waals surface area (Å²) in [6.07, 6.45) is -8.02. The topological polar surface area (TPSA) is 183 Å². The summed E-state index contributed by atoms with van der Waals surface area (Å²) < 4.78 is 112. The minimum atomic E-state index is -4.71. The van der Waals surface area contributed by atoms with E-state index in [2.05, 4.69) is 0 Å². The van der Waals surface area contributed by atoms with Gasteiger partial charge in [-0.05, 0) is 110 Å². The Morgan fingerprint density at radius 1 is 0.359 bits per heavy atom. The molecule has 0 aromatic heterocycles. The van der Waals surface area contributed by atoms with E-state index < -0.39 is 109 Å². The van der Waals surface area contributed by atoms with E-state index in [0.29, 0.717) is 25.7 Å². The normalized spacial score (nSPS) is 22.0. The highest BCUT2D eigenvalue weighted by molar-refractivity contribution is 6.75. The monoisotopic (exact) mass is 967 g/mol. The SMILES string of the molecule is CCCCC(C)(C(=O)C(C)(CCCC)[Si](OC(C)OC(C)OC)(OC(C)OC(C)OC)OC(C)OC(C)OC)[Si](OC(C)OC(C)OC)(OC(C)OC(C)OC)OC(C)OC(C)OC. The second-order valence-corrected chi connectivity index (χ2v) is 21.9. The quantitative estimate of drug-likeness (QED) is 0.0420. The van der Waals surface area contributed by atoms with Crippen molar-refractivity contribution in [3.63, 3.8) is 0 Å². The number of hydrogen-bond donors (Lipinski definition) is 0. The van der Waals surface area contributed by atoms with Gasteiger partial charge in [-0.15, -0.1) is 0 Å². The van der Waals surface area contributed by atoms with Crippen LogP contribution in [0.3, 0.4) is 0 Å². The van der Waals surface area contributed by atoms with Crippen LogP contribution in [0.4, 0.5) is 0 Å². The maximum Gasteiger partial charge on any atom is 0.520 e. The van der Waals surface area contributed by atoms with Crippen molar-refractivity contribution in [2.24, 2.45) is 0 Å². The molecule has 0 saturated heterocycles. The number of ketones is 1. The number of unbranched alkanes of at least 4 members (excludes halogenated alkanes) is 2. The highest BCUT2D eigenvalue weighted by Crippen LogP contribution is 2.59. The second-order valence-electron chi connectivity index (χ2n) is 16.1. The molecule has 0 radical (unpaired) electrons. The third-order valence-electron chi connectivity index (χ3n) is 10.6. The molecule has 0 aliphatic heterocycles. The fourth-order valence-corrected chi connectivity index (χ4v) is 13.9. The van der Waals surface area contributed by atoms with Crippen molar-refractivity contribution < 1.29 is 88.2 Å². The van der Waals surface area contributed by atoms with E-state index in [1.807, 2.05) is 13.8 Å². The molecule has 0 amide bonds. The first kappa shape index (κ1) is 63.4. The summed E-state index contributed by atoms with van der Waals surface area (Å²) in [6, 6.07) is 0. The van der Waals surface area contributed by atoms with Gasteiger partial charge >= 0.3 is 17.6 Å². The van der Waals surface area contributed by atoms with Crippen LogP contribution in [0, 0.1) is 0 Å². The van der Waals surface area contributed by atoms with Gasteiger partial charge in [0.2, 0.25) is 0 Å². The Balaban J connectivity index is 9.01. The van der Waals surface area contributed by atoms with Crippen LogP contribution < -0.4 is 0 Å². The van der Waals surface area contributed by atoms with E-state index >= 15 is 4.79 Å². The molecule has 64 heavy (non-hydrogen) atoms. The molecule has 19 nitrogen and oxygen atoms in total. The molecule has 0 fully saturated rings. The summed E-state index contributed by atoms with van der Waals surface area (Å²) in [6.45, 7) is 27.9. The third-order valence-corrected chi connectivity index (χ3v) is 18.1. The van der Waals surface area contributed by atoms with Gasteiger partial charge in [0.25, 0.3) is 0 Å². The molecule has 0 saturated carbocycles. The predicted octanol–water partition coefficient (Wildman–Crippen LogP) is 8.56. The molecule has 0 N–H and O–H groups in total. The third kappa shape index (κ3) is 20.2. The van der Waals surface area contributed by atoms with Crippen LogP contribution in [0.2, 0.25) is 10.1 Å². The molecular formula is C43H90O19Si2. The van der Waals surface area contributed by atoms with Crippen molar-refractivity contribution >= 4 is 23.4 Å². The zero-order valence-electron chi connectivity index (χ0n) is 43.4. The van der Waals surface area contributed by atoms with Gasteiger partial charge in [-0.1, -0.05) is 39.5 Å². The second kappa shape index (κ2) is 31.5. The molecule has 0 rings (SSSR count). The number of carbonyl (C=O) groups excluding carboxylic acids is 1. The minimum Gasteiger partial charge on any atom is -0.356 e. The molecule has 0 heterocycles. The predicted molar refractivity (Wildman–Crippen MR) is 241 cm³/mol. The van der Waals surface area contributed by atoms with Gasteiger partial charge in [-0.25, -0.2) is 0 Å². The van der Waals surface area contributed by atoms with Crippen LogP contribution in [0.5, 0.6) is 0 Å². The molecule has 0 aliphatic rings. The van der Waals surface area contributed by atoms with E-state index in [-0.39, 0.29) is 12.8 Å². The Kier molecular flexibility index (Phi) is 31.2. The zero-order valence-corrected chi connectivity index (χ0v) is 45.4. The van der Waals surface area contributed by atoms with Crippen molar-refractivity contribution in [2.75, 3.05) is 42.7 Å². The van der Waals surface area contributed by atoms with Crippen LogP contribution in [0.1, 0.15) is 149 Å². The van der Waals surface area contributed by atoms with Crippen molar-refractivity contribution in [2.45, 2.75) is 235 Å². The maximum atomic E-state index is 16.9. The first-order valence-electron chi connectivity index (χ1n) is 22.6. The minimum absolute atomic E-state index is 0.179. The summed E-state index contributed by atoms with van der Waals surface area (Å²) in [4.78, 5) is 16.9. The fourth-order valence-electron chi connectivity index (χ4n) is 6.86. The standard InChI is InChI=1S/C43H90O19Si2/c1-23-25-27-42(15,63(57-35(9)51-29(3)45-17,58-36(10)52-30(4)46-18)59-37(11)53-31(5)47-19)41(44)43(16,28-26-24-2)64(60-38(12)54-32(6)48-20,61-39(13)55-33(7)49-21)62-40(14)56-34(8)50-22/h29-40H,23-28H2,1-22H3. The smallest absolute Gasteiger partial charge is 0.356 e. The summed E-state index contributed by atoms with van der Waals surface area (Å²) in [5, 5.41) is -3.37. The lowest BCUT2D eigenvalue weighted by molar-refractivity contribution is -0.256. The molecule has 0 aromatic rings. The van der Waals surface area contributed by atoms with Crippen LogP contribution in [0.15, 0.2) is 0 Å². The lowest BCUT2D eigenvalue weighted by Crippen LogP contribution is -2.69. The zero-order chi connectivity index (χ0) is 49.5. The van der Waals surface area contributed by atoms with Gasteiger partial charge in [0.15, 0.2) is 81.3 Å². The van der Waals surface area contributed by atoms with E-state index in [0.717, 1.165) is 0 Å². The highest BCUT2D eigenvalue weighted by Gasteiger charge is 2.74. The molecule has 21 heteroatoms. The number of ether oxygens (including phenoxy) is 12. The number of methoxy groups -OCH3 is 6. The first-order valence-corrected chi connectivity index (χ1v) is 26.0. The molecule has 14 unspecified atom stereocenters. The highest BCUT2D eigenvalue weighted by atomic mass is 28.4. The van der Waals surface area contributed by atoms with E-state index in [9.17, 15) is 0 Å². The molecule has 0 aromatic carbocycles. The largest absolute Gasteiger partial charge is 0.520 e. The Labute approximate surface area is 388 Å². The van der Waals surface area contributed by atoms with Crippen molar-refractivity contribution in [3.8, 4) is 0 Å². The number of hydrogen-bond acceptors (Lipinski definition) is 19. The fraction of sp³-hybridized carbons (Fsp3) is 0.977. The average Bonchev–Trinajstić information content (AvgIpc) is 3.22. The van der Waals surface area contributed by atoms with Gasteiger partial charge in [0, 0.05) is 42.7 Å². The van der Waals surface area contributed by atoms with Crippen molar-refractivity contribution in [1.29, 1.82) is 0 Å². The van der Waals surface area contributed by atoms with Gasteiger partial charge in [-0.3, -0.25) is 4.79 Å². The summed E-state index contributed by atoms with van der Waals surface area (Å²) >= 11 is 0. The van der Waals surface area contributed by atoms with Crippen LogP contribution in [-0.2, 0) is 88.2 Å².